The van der Waals surface area contributed by atoms with E-state index in [1.54, 1.807) is 18.2 Å². The van der Waals surface area contributed by atoms with Crippen LogP contribution in [0, 0.1) is 23.2 Å². The lowest BCUT2D eigenvalue weighted by Gasteiger charge is -2.59. The summed E-state index contributed by atoms with van der Waals surface area (Å²) in [6, 6.07) is 3.88. The normalized spacial score (nSPS) is 32.0. The summed E-state index contributed by atoms with van der Waals surface area (Å²) < 4.78 is 10.4. The van der Waals surface area contributed by atoms with Crippen molar-refractivity contribution in [1.29, 1.82) is 0 Å². The summed E-state index contributed by atoms with van der Waals surface area (Å²) in [5.74, 6) is 1.13. The molecule has 4 aliphatic carbocycles. The minimum atomic E-state index is -1.18. The van der Waals surface area contributed by atoms with Gasteiger partial charge in [0.05, 0.1) is 26.2 Å². The van der Waals surface area contributed by atoms with E-state index in [1.807, 2.05) is 0 Å². The second-order valence-corrected chi connectivity index (χ2v) is 8.61. The molecule has 4 fully saturated rings. The van der Waals surface area contributed by atoms with E-state index >= 15 is 0 Å². The smallest absolute Gasteiger partial charge is 0.252 e. The number of hydrogen-bond donors (Lipinski definition) is 1. The molecular weight excluding hydrogens is 346 g/mol. The van der Waals surface area contributed by atoms with Crippen LogP contribution in [0.4, 0.5) is 0 Å². The van der Waals surface area contributed by atoms with Crippen LogP contribution in [0.25, 0.3) is 0 Å². The molecule has 0 spiro atoms. The van der Waals surface area contributed by atoms with Crippen LogP contribution >= 0.6 is 0 Å². The summed E-state index contributed by atoms with van der Waals surface area (Å²) in [4.78, 5) is 24.9. The van der Waals surface area contributed by atoms with E-state index in [2.05, 4.69) is 5.32 Å². The van der Waals surface area contributed by atoms with Gasteiger partial charge >= 0.3 is 0 Å². The number of rotatable bonds is 6. The first-order valence-electron chi connectivity index (χ1n) is 9.67. The maximum absolute atomic E-state index is 12.9. The Hall–Kier alpha value is -2.24. The molecule has 5 rings (SSSR count). The second-order valence-electron chi connectivity index (χ2n) is 8.61. The molecule has 0 aliphatic heterocycles. The Morgan fingerprint density at radius 3 is 1.89 bits per heavy atom. The van der Waals surface area contributed by atoms with Crippen molar-refractivity contribution in [2.24, 2.45) is 23.2 Å². The number of carboxylic acid groups (broad SMARTS) is 1. The number of methoxy groups -OCH3 is 2. The minimum absolute atomic E-state index is 0.321. The summed E-state index contributed by atoms with van der Waals surface area (Å²) in [5.41, 5.74) is -0.0474. The van der Waals surface area contributed by atoms with Gasteiger partial charge in [0.15, 0.2) is 0 Å². The average molecular weight is 372 g/mol. The van der Waals surface area contributed by atoms with Crippen molar-refractivity contribution in [3.63, 3.8) is 0 Å². The summed E-state index contributed by atoms with van der Waals surface area (Å²) in [6.45, 7) is 0. The van der Waals surface area contributed by atoms with Gasteiger partial charge in [0, 0.05) is 11.6 Å². The average Bonchev–Trinajstić information content (AvgIpc) is 2.63. The summed E-state index contributed by atoms with van der Waals surface area (Å²) in [6.07, 6.45) is 6.25. The molecule has 6 heteroatoms. The third-order valence-corrected chi connectivity index (χ3v) is 6.82. The van der Waals surface area contributed by atoms with Crippen LogP contribution in [0.15, 0.2) is 18.2 Å². The van der Waals surface area contributed by atoms with Crippen LogP contribution in [0.3, 0.4) is 0 Å². The molecule has 1 aromatic rings. The molecule has 1 atom stereocenters. The third-order valence-electron chi connectivity index (χ3n) is 6.82. The molecule has 27 heavy (non-hydrogen) atoms. The number of benzene rings is 1. The molecule has 4 aliphatic rings. The van der Waals surface area contributed by atoms with Crippen LogP contribution in [0.2, 0.25) is 0 Å². The van der Waals surface area contributed by atoms with Gasteiger partial charge in [-0.2, -0.15) is 0 Å². The van der Waals surface area contributed by atoms with Crippen molar-refractivity contribution in [3.05, 3.63) is 23.8 Å². The van der Waals surface area contributed by atoms with Gasteiger partial charge in [-0.05, 0) is 73.8 Å². The fourth-order valence-electron chi connectivity index (χ4n) is 6.15. The van der Waals surface area contributed by atoms with E-state index in [0.29, 0.717) is 34.8 Å². The SMILES string of the molecule is COc1cc(OC)cc(C(=O)N[C@@H](C(=O)[O-])C23CC4CC(CC(C4)C2)C3)c1. The maximum Gasteiger partial charge on any atom is 0.252 e. The number of carbonyl (C=O) groups is 2. The van der Waals surface area contributed by atoms with E-state index in [-0.39, 0.29) is 5.41 Å². The van der Waals surface area contributed by atoms with Gasteiger partial charge in [-0.15, -0.1) is 0 Å². The number of aliphatic carboxylic acids is 1. The summed E-state index contributed by atoms with van der Waals surface area (Å²) >= 11 is 0. The number of carboxylic acids is 1. The molecular formula is C21H26NO5-. The maximum atomic E-state index is 12.9. The standard InChI is InChI=1S/C21H27NO5/c1-26-16-6-15(7-17(8-16)27-2)19(23)22-18(20(24)25)21-9-12-3-13(10-21)5-14(4-12)11-21/h6-8,12-14,18H,3-5,9-11H2,1-2H3,(H,22,23)(H,24,25)/p-1/t12?,13?,14?,18-,21?/m0/s1. The van der Waals surface area contributed by atoms with Crippen LogP contribution < -0.4 is 19.9 Å². The Bertz CT molecular complexity index is 701. The Labute approximate surface area is 159 Å². The van der Waals surface area contributed by atoms with Crippen LogP contribution in [0.5, 0.6) is 11.5 Å². The lowest BCUT2D eigenvalue weighted by atomic mass is 9.47. The van der Waals surface area contributed by atoms with Gasteiger partial charge in [0.25, 0.3) is 5.91 Å². The Kier molecular flexibility index (Phi) is 4.52. The Balaban J connectivity index is 1.59. The van der Waals surface area contributed by atoms with E-state index in [9.17, 15) is 14.7 Å². The lowest BCUT2D eigenvalue weighted by Crippen LogP contribution is -2.62. The topological polar surface area (TPSA) is 87.7 Å². The third kappa shape index (κ3) is 3.26. The summed E-state index contributed by atoms with van der Waals surface area (Å²) in [7, 11) is 3.02. The number of hydrogen-bond acceptors (Lipinski definition) is 5. The molecule has 0 aromatic heterocycles. The highest BCUT2D eigenvalue weighted by Crippen LogP contribution is 2.61. The van der Waals surface area contributed by atoms with Crippen molar-refractivity contribution < 1.29 is 24.2 Å². The quantitative estimate of drug-likeness (QED) is 0.822. The molecule has 0 saturated heterocycles. The fourth-order valence-corrected chi connectivity index (χ4v) is 6.15. The minimum Gasteiger partial charge on any atom is -0.548 e. The van der Waals surface area contributed by atoms with Crippen molar-refractivity contribution in [2.75, 3.05) is 14.2 Å². The molecule has 4 bridgehead atoms. The van der Waals surface area contributed by atoms with Gasteiger partial charge in [0.1, 0.15) is 11.5 Å². The largest absolute Gasteiger partial charge is 0.548 e. The van der Waals surface area contributed by atoms with Crippen LogP contribution in [0.1, 0.15) is 48.9 Å². The van der Waals surface area contributed by atoms with Crippen LogP contribution in [-0.4, -0.2) is 32.1 Å². The lowest BCUT2D eigenvalue weighted by molar-refractivity contribution is -0.313. The molecule has 1 amide bonds. The van der Waals surface area contributed by atoms with Crippen molar-refractivity contribution in [1.82, 2.24) is 5.32 Å². The van der Waals surface area contributed by atoms with E-state index in [1.165, 1.54) is 33.5 Å². The Morgan fingerprint density at radius 1 is 1.00 bits per heavy atom. The van der Waals surface area contributed by atoms with Gasteiger partial charge < -0.3 is 24.7 Å². The molecule has 0 unspecified atom stereocenters. The molecule has 1 N–H and O–H groups in total. The highest BCUT2D eigenvalue weighted by atomic mass is 16.5. The highest BCUT2D eigenvalue weighted by Gasteiger charge is 2.54. The summed E-state index contributed by atoms with van der Waals surface area (Å²) in [5, 5.41) is 14.8. The number of ether oxygens (including phenoxy) is 2. The second kappa shape index (κ2) is 6.73. The molecule has 146 valence electrons. The van der Waals surface area contributed by atoms with E-state index in [0.717, 1.165) is 19.3 Å². The molecule has 6 nitrogen and oxygen atoms in total. The van der Waals surface area contributed by atoms with Gasteiger partial charge in [0.2, 0.25) is 0 Å². The highest BCUT2D eigenvalue weighted by molar-refractivity contribution is 5.97. The van der Waals surface area contributed by atoms with Crippen LogP contribution in [-0.2, 0) is 4.79 Å². The molecule has 0 heterocycles. The molecule has 4 saturated carbocycles. The van der Waals surface area contributed by atoms with E-state index in [4.69, 9.17) is 9.47 Å². The van der Waals surface area contributed by atoms with Crippen molar-refractivity contribution >= 4 is 11.9 Å². The predicted octanol–water partition coefficient (Wildman–Crippen LogP) is 1.77. The first-order valence-corrected chi connectivity index (χ1v) is 9.67. The molecule has 0 radical (unpaired) electrons. The number of amides is 1. The van der Waals surface area contributed by atoms with Gasteiger partial charge in [-0.3, -0.25) is 4.79 Å². The zero-order valence-corrected chi connectivity index (χ0v) is 15.8. The molecule has 1 aromatic carbocycles. The number of nitrogens with one attached hydrogen (secondary N) is 1. The van der Waals surface area contributed by atoms with Gasteiger partial charge in [-0.1, -0.05) is 0 Å². The number of carbonyl (C=O) groups excluding carboxylic acids is 2. The Morgan fingerprint density at radius 2 is 1.48 bits per heavy atom. The first-order chi connectivity index (χ1) is 12.9. The monoisotopic (exact) mass is 372 g/mol. The predicted molar refractivity (Wildman–Crippen MR) is 96.4 cm³/mol. The van der Waals surface area contributed by atoms with Crippen molar-refractivity contribution in [3.8, 4) is 11.5 Å². The van der Waals surface area contributed by atoms with Gasteiger partial charge in [-0.25, -0.2) is 0 Å². The zero-order valence-electron chi connectivity index (χ0n) is 15.8. The van der Waals surface area contributed by atoms with E-state index < -0.39 is 17.9 Å². The fraction of sp³-hybridized carbons (Fsp3) is 0.619. The van der Waals surface area contributed by atoms with Crippen molar-refractivity contribution in [2.45, 2.75) is 44.6 Å². The zero-order chi connectivity index (χ0) is 19.2. The first kappa shape index (κ1) is 18.1.